The molecular weight excluding hydrogens is 352 g/mol. The first kappa shape index (κ1) is 18.5. The number of piperazine rings is 1. The summed E-state index contributed by atoms with van der Waals surface area (Å²) in [4.78, 5) is 16.9. The Morgan fingerprint density at radius 1 is 1.14 bits per heavy atom. The predicted octanol–water partition coefficient (Wildman–Crippen LogP) is 3.72. The summed E-state index contributed by atoms with van der Waals surface area (Å²) in [6.07, 6.45) is 0. The van der Waals surface area contributed by atoms with Gasteiger partial charge in [0.1, 0.15) is 0 Å². The molecule has 0 bridgehead atoms. The van der Waals surface area contributed by atoms with Crippen molar-refractivity contribution in [2.24, 2.45) is 0 Å². The fraction of sp³-hybridized carbons (Fsp3) is 0.364. The highest BCUT2D eigenvalue weighted by Gasteiger charge is 2.23. The van der Waals surface area contributed by atoms with Crippen LogP contribution < -0.4 is 5.32 Å². The van der Waals surface area contributed by atoms with E-state index in [0.29, 0.717) is 13.1 Å². The van der Waals surface area contributed by atoms with E-state index in [9.17, 15) is 4.79 Å². The lowest BCUT2D eigenvalue weighted by atomic mass is 10.00. The van der Waals surface area contributed by atoms with E-state index in [1.54, 1.807) is 0 Å². The summed E-state index contributed by atoms with van der Waals surface area (Å²) >= 11 is 0. The van der Waals surface area contributed by atoms with Gasteiger partial charge >= 0.3 is 6.03 Å². The number of nitrogens with one attached hydrogen (secondary N) is 1. The minimum atomic E-state index is -0.0474. The zero-order valence-corrected chi connectivity index (χ0v) is 16.4. The number of aromatic nitrogens is 1. The molecule has 146 valence electrons. The summed E-state index contributed by atoms with van der Waals surface area (Å²) < 4.78 is 5.29. The van der Waals surface area contributed by atoms with E-state index in [0.717, 1.165) is 36.7 Å². The van der Waals surface area contributed by atoms with Crippen molar-refractivity contribution in [3.63, 3.8) is 0 Å². The molecule has 6 heteroatoms. The number of benzene rings is 2. The van der Waals surface area contributed by atoms with Gasteiger partial charge in [0.25, 0.3) is 0 Å². The number of carbonyl (C=O) groups excluding carboxylic acids is 1. The summed E-state index contributed by atoms with van der Waals surface area (Å²) in [5, 5.41) is 9.48. The highest BCUT2D eigenvalue weighted by molar-refractivity contribution is 5.86. The zero-order chi connectivity index (χ0) is 19.5. The van der Waals surface area contributed by atoms with Crippen molar-refractivity contribution < 1.29 is 9.32 Å². The van der Waals surface area contributed by atoms with Gasteiger partial charge in [0.05, 0.1) is 18.3 Å². The summed E-state index contributed by atoms with van der Waals surface area (Å²) in [5.74, 6) is 0.875. The van der Waals surface area contributed by atoms with Crippen LogP contribution in [0.15, 0.2) is 53.1 Å². The van der Waals surface area contributed by atoms with E-state index in [2.05, 4.69) is 39.6 Å². The number of aryl methyl sites for hydroxylation is 1. The van der Waals surface area contributed by atoms with Gasteiger partial charge in [0.2, 0.25) is 0 Å². The van der Waals surface area contributed by atoms with Crippen LogP contribution in [-0.2, 0) is 6.54 Å². The maximum Gasteiger partial charge on any atom is 0.317 e. The van der Waals surface area contributed by atoms with Crippen molar-refractivity contribution >= 4 is 16.8 Å². The minimum Gasteiger partial charge on any atom is -0.360 e. The lowest BCUT2D eigenvalue weighted by molar-refractivity contribution is 0.126. The minimum absolute atomic E-state index is 0.00408. The summed E-state index contributed by atoms with van der Waals surface area (Å²) in [5.41, 5.74) is 2.04. The van der Waals surface area contributed by atoms with Crippen LogP contribution in [-0.4, -0.2) is 47.2 Å². The SMILES string of the molecule is Cc1cc(CN2CCN(C(=O)NC(C)c3cccc4ccccc34)CC2)on1. The average Bonchev–Trinajstić information content (AvgIpc) is 3.12. The van der Waals surface area contributed by atoms with E-state index in [1.807, 2.05) is 43.0 Å². The Morgan fingerprint density at radius 3 is 2.64 bits per heavy atom. The van der Waals surface area contributed by atoms with Crippen molar-refractivity contribution in [2.45, 2.75) is 26.4 Å². The average molecular weight is 378 g/mol. The lowest BCUT2D eigenvalue weighted by Gasteiger charge is -2.34. The standard InChI is InChI=1S/C22H26N4O2/c1-16-14-19(28-24-16)15-25-10-12-26(13-11-25)22(27)23-17(2)20-9-5-7-18-6-3-4-8-21(18)20/h3-9,14,17H,10-13,15H2,1-2H3,(H,23,27). The van der Waals surface area contributed by atoms with Gasteiger partial charge in [-0.15, -0.1) is 0 Å². The number of carbonyl (C=O) groups is 1. The number of fused-ring (bicyclic) bond motifs is 1. The second-order valence-corrected chi connectivity index (χ2v) is 7.44. The molecule has 6 nitrogen and oxygen atoms in total. The summed E-state index contributed by atoms with van der Waals surface area (Å²) in [7, 11) is 0. The Hall–Kier alpha value is -2.86. The molecule has 0 spiro atoms. The molecule has 28 heavy (non-hydrogen) atoms. The van der Waals surface area contributed by atoms with Crippen molar-refractivity contribution in [3.8, 4) is 0 Å². The van der Waals surface area contributed by atoms with Crippen LogP contribution >= 0.6 is 0 Å². The number of nitrogens with zero attached hydrogens (tertiary/aromatic N) is 3. The number of urea groups is 1. The molecule has 1 unspecified atom stereocenters. The Kier molecular flexibility index (Phi) is 5.30. The van der Waals surface area contributed by atoms with Gasteiger partial charge in [0.15, 0.2) is 5.76 Å². The van der Waals surface area contributed by atoms with Gasteiger partial charge in [-0.3, -0.25) is 4.90 Å². The van der Waals surface area contributed by atoms with Gasteiger partial charge in [-0.1, -0.05) is 47.6 Å². The first-order valence-corrected chi connectivity index (χ1v) is 9.78. The van der Waals surface area contributed by atoms with Crippen LogP contribution in [0.2, 0.25) is 0 Å². The van der Waals surface area contributed by atoms with Gasteiger partial charge in [0, 0.05) is 32.2 Å². The molecule has 0 saturated carbocycles. The number of hydrogen-bond donors (Lipinski definition) is 1. The van der Waals surface area contributed by atoms with Crippen molar-refractivity contribution in [3.05, 3.63) is 65.5 Å². The quantitative estimate of drug-likeness (QED) is 0.752. The van der Waals surface area contributed by atoms with Gasteiger partial charge in [-0.2, -0.15) is 0 Å². The highest BCUT2D eigenvalue weighted by atomic mass is 16.5. The molecule has 1 aliphatic rings. The van der Waals surface area contributed by atoms with Gasteiger partial charge in [-0.05, 0) is 30.2 Å². The molecule has 1 fully saturated rings. The monoisotopic (exact) mass is 378 g/mol. The van der Waals surface area contributed by atoms with E-state index in [1.165, 1.54) is 10.8 Å². The second-order valence-electron chi connectivity index (χ2n) is 7.44. The smallest absolute Gasteiger partial charge is 0.317 e. The summed E-state index contributed by atoms with van der Waals surface area (Å²) in [6.45, 7) is 7.78. The van der Waals surface area contributed by atoms with Crippen LogP contribution in [0.1, 0.15) is 30.0 Å². The first-order valence-electron chi connectivity index (χ1n) is 9.78. The molecule has 1 saturated heterocycles. The van der Waals surface area contributed by atoms with E-state index < -0.39 is 0 Å². The number of rotatable bonds is 4. The van der Waals surface area contributed by atoms with Crippen molar-refractivity contribution in [2.75, 3.05) is 26.2 Å². The largest absolute Gasteiger partial charge is 0.360 e. The van der Waals surface area contributed by atoms with Gasteiger partial charge < -0.3 is 14.7 Å². The van der Waals surface area contributed by atoms with Crippen LogP contribution in [0.3, 0.4) is 0 Å². The Labute approximate surface area is 165 Å². The maximum atomic E-state index is 12.8. The molecule has 0 radical (unpaired) electrons. The molecule has 2 aromatic carbocycles. The Bertz CT molecular complexity index is 955. The predicted molar refractivity (Wildman–Crippen MR) is 109 cm³/mol. The molecule has 4 rings (SSSR count). The number of amides is 2. The first-order chi connectivity index (χ1) is 13.6. The molecule has 2 heterocycles. The third-order valence-electron chi connectivity index (χ3n) is 5.35. The van der Waals surface area contributed by atoms with Gasteiger partial charge in [-0.25, -0.2) is 4.79 Å². The Morgan fingerprint density at radius 2 is 1.89 bits per heavy atom. The molecular formula is C22H26N4O2. The lowest BCUT2D eigenvalue weighted by Crippen LogP contribution is -2.51. The van der Waals surface area contributed by atoms with Crippen LogP contribution in [0, 0.1) is 6.92 Å². The molecule has 3 aromatic rings. The maximum absolute atomic E-state index is 12.8. The molecule has 2 amide bonds. The van der Waals surface area contributed by atoms with Crippen molar-refractivity contribution in [1.82, 2.24) is 20.3 Å². The third-order valence-corrected chi connectivity index (χ3v) is 5.35. The molecule has 1 atom stereocenters. The number of hydrogen-bond acceptors (Lipinski definition) is 4. The van der Waals surface area contributed by atoms with E-state index in [-0.39, 0.29) is 12.1 Å². The third kappa shape index (κ3) is 4.02. The molecule has 1 aromatic heterocycles. The normalized spacial score (nSPS) is 16.3. The van der Waals surface area contributed by atoms with E-state index >= 15 is 0 Å². The fourth-order valence-corrected chi connectivity index (χ4v) is 3.80. The molecule has 1 N–H and O–H groups in total. The van der Waals surface area contributed by atoms with Crippen molar-refractivity contribution in [1.29, 1.82) is 0 Å². The van der Waals surface area contributed by atoms with Crippen LogP contribution in [0.25, 0.3) is 10.8 Å². The zero-order valence-electron chi connectivity index (χ0n) is 16.4. The highest BCUT2D eigenvalue weighted by Crippen LogP contribution is 2.24. The fourth-order valence-electron chi connectivity index (χ4n) is 3.80. The summed E-state index contributed by atoms with van der Waals surface area (Å²) in [6, 6.07) is 16.4. The molecule has 1 aliphatic heterocycles. The molecule has 0 aliphatic carbocycles. The second kappa shape index (κ2) is 8.02. The van der Waals surface area contributed by atoms with Crippen LogP contribution in [0.5, 0.6) is 0 Å². The Balaban J connectivity index is 1.34. The van der Waals surface area contributed by atoms with E-state index in [4.69, 9.17) is 4.52 Å². The van der Waals surface area contributed by atoms with Crippen LogP contribution in [0.4, 0.5) is 4.79 Å². The topological polar surface area (TPSA) is 61.6 Å².